The summed E-state index contributed by atoms with van der Waals surface area (Å²) in [5.74, 6) is 0.199. The van der Waals surface area contributed by atoms with Crippen molar-refractivity contribution in [2.24, 2.45) is 0 Å². The van der Waals surface area contributed by atoms with Crippen molar-refractivity contribution in [3.8, 4) is 0 Å². The minimum atomic E-state index is 0.199. The number of likely N-dealkylation sites (N-methyl/N-ethyl adjacent to an activating group) is 1. The van der Waals surface area contributed by atoms with Crippen molar-refractivity contribution in [3.05, 3.63) is 33.3 Å². The summed E-state index contributed by atoms with van der Waals surface area (Å²) < 4.78 is 0.843. The normalized spacial score (nSPS) is 16.7. The maximum atomic E-state index is 12.2. The molecule has 1 aromatic carbocycles. The topological polar surface area (TPSA) is 23.6 Å². The van der Waals surface area contributed by atoms with Crippen LogP contribution in [0.15, 0.2) is 22.7 Å². The summed E-state index contributed by atoms with van der Waals surface area (Å²) in [6, 6.07) is 5.65. The first-order valence-electron chi connectivity index (χ1n) is 6.54. The molecule has 104 valence electrons. The van der Waals surface area contributed by atoms with Crippen LogP contribution in [0.2, 0.25) is 5.02 Å². The van der Waals surface area contributed by atoms with Gasteiger partial charge in [-0.2, -0.15) is 0 Å². The molecule has 1 aliphatic rings. The summed E-state index contributed by atoms with van der Waals surface area (Å²) >= 11 is 9.34. The Morgan fingerprint density at radius 1 is 1.32 bits per heavy atom. The molecule has 1 aromatic rings. The van der Waals surface area contributed by atoms with Crippen molar-refractivity contribution in [2.75, 3.05) is 32.7 Å². The number of carbonyl (C=O) groups is 1. The monoisotopic (exact) mass is 344 g/mol. The average Bonchev–Trinajstić information content (AvgIpc) is 2.43. The highest BCUT2D eigenvalue weighted by atomic mass is 79.9. The molecule has 1 heterocycles. The molecule has 1 amide bonds. The van der Waals surface area contributed by atoms with E-state index in [-0.39, 0.29) is 5.91 Å². The smallest absolute Gasteiger partial charge is 0.227 e. The Morgan fingerprint density at radius 2 is 2.00 bits per heavy atom. The molecule has 0 spiro atoms. The minimum Gasteiger partial charge on any atom is -0.340 e. The van der Waals surface area contributed by atoms with Gasteiger partial charge in [0.2, 0.25) is 5.91 Å². The summed E-state index contributed by atoms with van der Waals surface area (Å²) in [7, 11) is 0. The van der Waals surface area contributed by atoms with Crippen LogP contribution in [0.5, 0.6) is 0 Å². The van der Waals surface area contributed by atoms with Crippen LogP contribution in [0, 0.1) is 0 Å². The Kier molecular flexibility index (Phi) is 5.25. The summed E-state index contributed by atoms with van der Waals surface area (Å²) in [5, 5.41) is 0.674. The Bertz CT molecular complexity index is 459. The van der Waals surface area contributed by atoms with Crippen LogP contribution in [0.4, 0.5) is 0 Å². The van der Waals surface area contributed by atoms with Crippen molar-refractivity contribution in [3.63, 3.8) is 0 Å². The predicted octanol–water partition coefficient (Wildman–Crippen LogP) is 2.81. The van der Waals surface area contributed by atoms with Gasteiger partial charge in [0.25, 0.3) is 0 Å². The molecule has 5 heteroatoms. The van der Waals surface area contributed by atoms with Crippen LogP contribution < -0.4 is 0 Å². The molecule has 3 nitrogen and oxygen atoms in total. The molecular weight excluding hydrogens is 328 g/mol. The van der Waals surface area contributed by atoms with E-state index in [0.717, 1.165) is 42.8 Å². The van der Waals surface area contributed by atoms with Gasteiger partial charge in [-0.05, 0) is 40.2 Å². The van der Waals surface area contributed by atoms with Gasteiger partial charge in [-0.3, -0.25) is 4.79 Å². The van der Waals surface area contributed by atoms with Gasteiger partial charge in [-0.15, -0.1) is 0 Å². The molecular formula is C14H18BrClN2O. The number of halogens is 2. The number of rotatable bonds is 3. The van der Waals surface area contributed by atoms with E-state index in [9.17, 15) is 4.79 Å². The van der Waals surface area contributed by atoms with Gasteiger partial charge in [0.15, 0.2) is 0 Å². The summed E-state index contributed by atoms with van der Waals surface area (Å²) in [6.45, 7) is 6.84. The number of nitrogens with zero attached hydrogens (tertiary/aromatic N) is 2. The van der Waals surface area contributed by atoms with Gasteiger partial charge < -0.3 is 9.80 Å². The van der Waals surface area contributed by atoms with Gasteiger partial charge in [-0.25, -0.2) is 0 Å². The molecule has 0 bridgehead atoms. The molecule has 0 unspecified atom stereocenters. The fourth-order valence-corrected chi connectivity index (χ4v) is 2.79. The number of hydrogen-bond donors (Lipinski definition) is 0. The van der Waals surface area contributed by atoms with Gasteiger partial charge in [0.1, 0.15) is 0 Å². The largest absolute Gasteiger partial charge is 0.340 e. The average molecular weight is 346 g/mol. The van der Waals surface area contributed by atoms with Crippen molar-refractivity contribution in [1.29, 1.82) is 0 Å². The number of amides is 1. The number of hydrogen-bond acceptors (Lipinski definition) is 2. The summed E-state index contributed by atoms with van der Waals surface area (Å²) in [6.07, 6.45) is 0.446. The predicted molar refractivity (Wildman–Crippen MR) is 81.6 cm³/mol. The highest BCUT2D eigenvalue weighted by molar-refractivity contribution is 9.10. The van der Waals surface area contributed by atoms with E-state index in [4.69, 9.17) is 11.6 Å². The maximum absolute atomic E-state index is 12.2. The van der Waals surface area contributed by atoms with Crippen LogP contribution in [0.25, 0.3) is 0 Å². The third kappa shape index (κ3) is 3.94. The Morgan fingerprint density at radius 3 is 2.58 bits per heavy atom. The quantitative estimate of drug-likeness (QED) is 0.841. The maximum Gasteiger partial charge on any atom is 0.227 e. The number of benzene rings is 1. The second kappa shape index (κ2) is 6.73. The van der Waals surface area contributed by atoms with E-state index in [1.165, 1.54) is 0 Å². The molecule has 1 fully saturated rings. The summed E-state index contributed by atoms with van der Waals surface area (Å²) in [4.78, 5) is 16.5. The molecule has 0 atom stereocenters. The van der Waals surface area contributed by atoms with Crippen molar-refractivity contribution in [1.82, 2.24) is 9.80 Å². The lowest BCUT2D eigenvalue weighted by Crippen LogP contribution is -2.48. The highest BCUT2D eigenvalue weighted by Gasteiger charge is 2.20. The molecule has 1 saturated heterocycles. The number of piperazine rings is 1. The SMILES string of the molecule is CCN1CCN(C(=O)Cc2ccc(Cl)c(Br)c2)CC1. The molecule has 0 aromatic heterocycles. The lowest BCUT2D eigenvalue weighted by Gasteiger charge is -2.34. The molecule has 0 aliphatic carbocycles. The summed E-state index contributed by atoms with van der Waals surface area (Å²) in [5.41, 5.74) is 0.999. The molecule has 0 saturated carbocycles. The molecule has 1 aliphatic heterocycles. The van der Waals surface area contributed by atoms with Gasteiger partial charge in [-0.1, -0.05) is 24.6 Å². The van der Waals surface area contributed by atoms with Crippen molar-refractivity contribution in [2.45, 2.75) is 13.3 Å². The van der Waals surface area contributed by atoms with Crippen molar-refractivity contribution >= 4 is 33.4 Å². The zero-order valence-electron chi connectivity index (χ0n) is 11.0. The second-order valence-electron chi connectivity index (χ2n) is 4.74. The van der Waals surface area contributed by atoms with E-state index < -0.39 is 0 Å². The van der Waals surface area contributed by atoms with Crippen LogP contribution in [0.1, 0.15) is 12.5 Å². The zero-order valence-corrected chi connectivity index (χ0v) is 13.4. The molecule has 19 heavy (non-hydrogen) atoms. The Labute approximate surface area is 127 Å². The highest BCUT2D eigenvalue weighted by Crippen LogP contribution is 2.23. The fourth-order valence-electron chi connectivity index (χ4n) is 2.25. The van der Waals surface area contributed by atoms with Crippen LogP contribution in [-0.2, 0) is 11.2 Å². The molecule has 0 radical (unpaired) electrons. The first-order chi connectivity index (χ1) is 9.10. The third-order valence-electron chi connectivity index (χ3n) is 3.51. The molecule has 2 rings (SSSR count). The van der Waals surface area contributed by atoms with Crippen molar-refractivity contribution < 1.29 is 4.79 Å². The van der Waals surface area contributed by atoms with Gasteiger partial charge in [0, 0.05) is 30.7 Å². The van der Waals surface area contributed by atoms with Crippen LogP contribution in [0.3, 0.4) is 0 Å². The lowest BCUT2D eigenvalue weighted by molar-refractivity contribution is -0.132. The van der Waals surface area contributed by atoms with Gasteiger partial charge in [0.05, 0.1) is 11.4 Å². The van der Waals surface area contributed by atoms with E-state index in [2.05, 4.69) is 27.8 Å². The van der Waals surface area contributed by atoms with Gasteiger partial charge >= 0.3 is 0 Å². The second-order valence-corrected chi connectivity index (χ2v) is 6.00. The first-order valence-corrected chi connectivity index (χ1v) is 7.71. The van der Waals surface area contributed by atoms with Crippen LogP contribution >= 0.6 is 27.5 Å². The standard InChI is InChI=1S/C14H18BrClN2O/c1-2-17-5-7-18(8-6-17)14(19)10-11-3-4-13(16)12(15)9-11/h3-4,9H,2,5-8,10H2,1H3. The first kappa shape index (κ1) is 14.8. The molecule has 0 N–H and O–H groups in total. The lowest BCUT2D eigenvalue weighted by atomic mass is 10.1. The minimum absolute atomic E-state index is 0.199. The van der Waals surface area contributed by atoms with Crippen LogP contribution in [-0.4, -0.2) is 48.4 Å². The van der Waals surface area contributed by atoms with E-state index in [0.29, 0.717) is 11.4 Å². The Hall–Kier alpha value is -0.580. The Balaban J connectivity index is 1.92. The zero-order chi connectivity index (χ0) is 13.8. The third-order valence-corrected chi connectivity index (χ3v) is 4.73. The van der Waals surface area contributed by atoms with E-state index in [1.54, 1.807) is 0 Å². The van der Waals surface area contributed by atoms with E-state index >= 15 is 0 Å². The van der Waals surface area contributed by atoms with E-state index in [1.807, 2.05) is 23.1 Å². The number of carbonyl (C=O) groups excluding carboxylic acids is 1. The fraction of sp³-hybridized carbons (Fsp3) is 0.500.